The SMILES string of the molecule is CC(=O)NC(CSc1nnc2ccccn12)C(=O)O. The van der Waals surface area contributed by atoms with Crippen molar-refractivity contribution in [3.8, 4) is 0 Å². The third-order valence-corrected chi connectivity index (χ3v) is 3.37. The molecule has 0 saturated heterocycles. The third kappa shape index (κ3) is 3.22. The number of carbonyl (C=O) groups excluding carboxylic acids is 1. The molecule has 0 bridgehead atoms. The van der Waals surface area contributed by atoms with Gasteiger partial charge in [0, 0.05) is 18.9 Å². The summed E-state index contributed by atoms with van der Waals surface area (Å²) in [5.74, 6) is -1.26. The minimum atomic E-state index is -1.07. The van der Waals surface area contributed by atoms with Crippen LogP contribution in [0.4, 0.5) is 0 Å². The van der Waals surface area contributed by atoms with Crippen LogP contribution >= 0.6 is 11.8 Å². The van der Waals surface area contributed by atoms with Crippen LogP contribution in [0.1, 0.15) is 6.92 Å². The number of carbonyl (C=O) groups is 2. The molecule has 0 radical (unpaired) electrons. The molecular formula is C11H12N4O3S. The number of thioether (sulfide) groups is 1. The van der Waals surface area contributed by atoms with E-state index < -0.39 is 12.0 Å². The second-order valence-corrected chi connectivity index (χ2v) is 4.80. The van der Waals surface area contributed by atoms with Crippen molar-refractivity contribution in [2.45, 2.75) is 18.1 Å². The van der Waals surface area contributed by atoms with Crippen molar-refractivity contribution >= 4 is 29.3 Å². The molecule has 0 spiro atoms. The van der Waals surface area contributed by atoms with Crippen LogP contribution in [0.5, 0.6) is 0 Å². The first-order valence-electron chi connectivity index (χ1n) is 5.50. The van der Waals surface area contributed by atoms with Crippen molar-refractivity contribution in [2.75, 3.05) is 5.75 Å². The summed E-state index contributed by atoms with van der Waals surface area (Å²) >= 11 is 1.23. The first-order valence-corrected chi connectivity index (χ1v) is 6.49. The van der Waals surface area contributed by atoms with Crippen molar-refractivity contribution in [1.29, 1.82) is 0 Å². The Balaban J connectivity index is 2.08. The predicted molar refractivity (Wildman–Crippen MR) is 69.0 cm³/mol. The van der Waals surface area contributed by atoms with Gasteiger partial charge in [0.25, 0.3) is 0 Å². The van der Waals surface area contributed by atoms with E-state index in [-0.39, 0.29) is 11.7 Å². The summed E-state index contributed by atoms with van der Waals surface area (Å²) in [5.41, 5.74) is 0.691. The average molecular weight is 280 g/mol. The first-order chi connectivity index (χ1) is 9.08. The maximum atomic E-state index is 11.0. The number of aromatic nitrogens is 3. The largest absolute Gasteiger partial charge is 0.480 e. The third-order valence-electron chi connectivity index (χ3n) is 2.34. The monoisotopic (exact) mass is 280 g/mol. The fraction of sp³-hybridized carbons (Fsp3) is 0.273. The van der Waals surface area contributed by atoms with Crippen molar-refractivity contribution in [3.63, 3.8) is 0 Å². The molecule has 1 atom stereocenters. The second kappa shape index (κ2) is 5.70. The molecule has 0 aliphatic carbocycles. The average Bonchev–Trinajstić information content (AvgIpc) is 2.77. The van der Waals surface area contributed by atoms with Crippen LogP contribution < -0.4 is 5.32 Å². The minimum absolute atomic E-state index is 0.185. The zero-order valence-corrected chi connectivity index (χ0v) is 10.9. The topological polar surface area (TPSA) is 96.6 Å². The number of rotatable bonds is 5. The van der Waals surface area contributed by atoms with Gasteiger partial charge in [-0.1, -0.05) is 17.8 Å². The molecule has 2 aromatic heterocycles. The fourth-order valence-corrected chi connectivity index (χ4v) is 2.43. The van der Waals surface area contributed by atoms with Gasteiger partial charge >= 0.3 is 5.97 Å². The number of hydrogen-bond acceptors (Lipinski definition) is 5. The summed E-state index contributed by atoms with van der Waals surface area (Å²) in [4.78, 5) is 21.9. The van der Waals surface area contributed by atoms with Gasteiger partial charge in [0.05, 0.1) is 0 Å². The van der Waals surface area contributed by atoms with Gasteiger partial charge in [-0.05, 0) is 12.1 Å². The quantitative estimate of drug-likeness (QED) is 0.770. The van der Waals surface area contributed by atoms with Crippen LogP contribution in [-0.4, -0.2) is 43.4 Å². The maximum Gasteiger partial charge on any atom is 0.327 e. The Morgan fingerprint density at radius 1 is 1.47 bits per heavy atom. The van der Waals surface area contributed by atoms with Gasteiger partial charge in [-0.2, -0.15) is 0 Å². The van der Waals surface area contributed by atoms with Gasteiger partial charge in [0.2, 0.25) is 5.91 Å². The summed E-state index contributed by atoms with van der Waals surface area (Å²) < 4.78 is 1.76. The highest BCUT2D eigenvalue weighted by molar-refractivity contribution is 7.99. The number of aliphatic carboxylic acids is 1. The summed E-state index contributed by atoms with van der Waals surface area (Å²) in [6.07, 6.45) is 1.80. The summed E-state index contributed by atoms with van der Waals surface area (Å²) in [6.45, 7) is 1.28. The molecule has 0 fully saturated rings. The molecule has 1 unspecified atom stereocenters. The molecule has 0 aromatic carbocycles. The van der Waals surface area contributed by atoms with Crippen LogP contribution in [0.15, 0.2) is 29.6 Å². The van der Waals surface area contributed by atoms with E-state index in [1.54, 1.807) is 16.7 Å². The summed E-state index contributed by atoms with van der Waals surface area (Å²) in [5, 5.41) is 19.9. The van der Waals surface area contributed by atoms with E-state index in [0.717, 1.165) is 0 Å². The van der Waals surface area contributed by atoms with Crippen LogP contribution in [0.25, 0.3) is 5.65 Å². The van der Waals surface area contributed by atoms with Gasteiger partial charge in [-0.15, -0.1) is 10.2 Å². The lowest BCUT2D eigenvalue weighted by molar-refractivity contribution is -0.140. The number of pyridine rings is 1. The highest BCUT2D eigenvalue weighted by Gasteiger charge is 2.19. The number of nitrogens with zero attached hydrogens (tertiary/aromatic N) is 3. The standard InChI is InChI=1S/C11H12N4O3S/c1-7(16)12-8(10(17)18)6-19-11-14-13-9-4-2-3-5-15(9)11/h2-5,8H,6H2,1H3,(H,12,16)(H,17,18). The van der Waals surface area contributed by atoms with Crippen molar-refractivity contribution in [1.82, 2.24) is 19.9 Å². The minimum Gasteiger partial charge on any atom is -0.480 e. The first kappa shape index (κ1) is 13.3. The Morgan fingerprint density at radius 2 is 2.26 bits per heavy atom. The Bertz CT molecular complexity index is 613. The van der Waals surface area contributed by atoms with E-state index in [4.69, 9.17) is 5.11 Å². The molecule has 2 rings (SSSR count). The number of hydrogen-bond donors (Lipinski definition) is 2. The smallest absolute Gasteiger partial charge is 0.327 e. The fourth-order valence-electron chi connectivity index (χ4n) is 1.50. The Morgan fingerprint density at radius 3 is 2.95 bits per heavy atom. The molecule has 2 aromatic rings. The number of amides is 1. The Kier molecular flexibility index (Phi) is 4.00. The summed E-state index contributed by atoms with van der Waals surface area (Å²) in [6, 6.07) is 4.54. The number of nitrogens with one attached hydrogen (secondary N) is 1. The highest BCUT2D eigenvalue weighted by Crippen LogP contribution is 2.17. The van der Waals surface area contributed by atoms with Crippen LogP contribution in [0, 0.1) is 0 Å². The Hall–Kier alpha value is -2.09. The van der Waals surface area contributed by atoms with E-state index in [1.807, 2.05) is 12.1 Å². The molecule has 0 aliphatic heterocycles. The van der Waals surface area contributed by atoms with Gasteiger partial charge in [0.15, 0.2) is 10.8 Å². The molecule has 2 N–H and O–H groups in total. The van der Waals surface area contributed by atoms with E-state index in [2.05, 4.69) is 15.5 Å². The number of carboxylic acids is 1. The van der Waals surface area contributed by atoms with Gasteiger partial charge < -0.3 is 10.4 Å². The number of fused-ring (bicyclic) bond motifs is 1. The van der Waals surface area contributed by atoms with Crippen LogP contribution in [0.3, 0.4) is 0 Å². The highest BCUT2D eigenvalue weighted by atomic mass is 32.2. The molecule has 2 heterocycles. The van der Waals surface area contributed by atoms with E-state index in [1.165, 1.54) is 18.7 Å². The zero-order chi connectivity index (χ0) is 13.8. The molecule has 100 valence electrons. The van der Waals surface area contributed by atoms with Crippen LogP contribution in [0.2, 0.25) is 0 Å². The molecule has 1 amide bonds. The predicted octanol–water partition coefficient (Wildman–Crippen LogP) is 0.411. The molecule has 8 heteroatoms. The molecule has 19 heavy (non-hydrogen) atoms. The van der Waals surface area contributed by atoms with Crippen LogP contribution in [-0.2, 0) is 9.59 Å². The molecule has 7 nitrogen and oxygen atoms in total. The van der Waals surface area contributed by atoms with E-state index in [0.29, 0.717) is 10.8 Å². The van der Waals surface area contributed by atoms with Gasteiger partial charge in [-0.3, -0.25) is 9.20 Å². The lowest BCUT2D eigenvalue weighted by Gasteiger charge is -2.11. The van der Waals surface area contributed by atoms with Crippen molar-refractivity contribution < 1.29 is 14.7 Å². The maximum absolute atomic E-state index is 11.0. The molecular weight excluding hydrogens is 268 g/mol. The van der Waals surface area contributed by atoms with E-state index >= 15 is 0 Å². The molecule has 0 aliphatic rings. The lowest BCUT2D eigenvalue weighted by atomic mass is 10.3. The zero-order valence-electron chi connectivity index (χ0n) is 10.1. The van der Waals surface area contributed by atoms with Crippen molar-refractivity contribution in [3.05, 3.63) is 24.4 Å². The lowest BCUT2D eigenvalue weighted by Crippen LogP contribution is -2.41. The Labute approximate surface area is 113 Å². The van der Waals surface area contributed by atoms with E-state index in [9.17, 15) is 9.59 Å². The normalized spacial score (nSPS) is 12.3. The second-order valence-electron chi connectivity index (χ2n) is 3.81. The molecule has 0 saturated carbocycles. The van der Waals surface area contributed by atoms with Gasteiger partial charge in [0.1, 0.15) is 6.04 Å². The number of carboxylic acid groups (broad SMARTS) is 1. The van der Waals surface area contributed by atoms with Crippen molar-refractivity contribution in [2.24, 2.45) is 0 Å². The van der Waals surface area contributed by atoms with Gasteiger partial charge in [-0.25, -0.2) is 4.79 Å². The summed E-state index contributed by atoms with van der Waals surface area (Å²) in [7, 11) is 0.